The molecule has 12 aromatic rings. The van der Waals surface area contributed by atoms with Crippen LogP contribution in [0, 0.1) is 46.3 Å². The molecule has 1 unspecified atom stereocenters. The maximum absolute atomic E-state index is 14.1. The average molecular weight is 1790 g/mol. The van der Waals surface area contributed by atoms with E-state index in [9.17, 15) is 31.7 Å². The second kappa shape index (κ2) is 42.1. The van der Waals surface area contributed by atoms with E-state index in [1.807, 2.05) is 116 Å². The number of ketones is 1. The molecule has 0 aliphatic rings. The molecule has 0 bridgehead atoms. The molecule has 104 heavy (non-hydrogen) atoms. The Kier molecular flexibility index (Phi) is 35.6. The van der Waals surface area contributed by atoms with Crippen molar-refractivity contribution in [3.05, 3.63) is 208 Å². The highest BCUT2D eigenvalue weighted by molar-refractivity contribution is 9.78. The number of benzene rings is 1. The second-order valence-electron chi connectivity index (χ2n) is 23.9. The zero-order valence-electron chi connectivity index (χ0n) is 59.9. The van der Waals surface area contributed by atoms with E-state index < -0.39 is 40.2 Å². The summed E-state index contributed by atoms with van der Waals surface area (Å²) in [6.07, 6.45) is 9.92. The number of nitrogens with zero attached hydrogens (tertiary/aromatic N) is 6. The minimum absolute atomic E-state index is 0.0573. The Labute approximate surface area is 656 Å². The molecule has 0 radical (unpaired) electrons. The van der Waals surface area contributed by atoms with Crippen LogP contribution >= 0.6 is 129 Å². The molecule has 558 valence electrons. The monoisotopic (exact) mass is 1780 g/mol. The lowest BCUT2D eigenvalue weighted by Gasteiger charge is -2.30. The summed E-state index contributed by atoms with van der Waals surface area (Å²) < 4.78 is 91.8. The van der Waals surface area contributed by atoms with Gasteiger partial charge in [0, 0.05) is 119 Å². The number of hydrogen-bond acceptors (Lipinski definition) is 22. The summed E-state index contributed by atoms with van der Waals surface area (Å²) in [5, 5.41) is 15.8. The number of ether oxygens (including phenoxy) is 1. The number of fused-ring (bicyclic) bond motifs is 5. The number of aryl methyl sites for hydroxylation is 5. The first-order valence-electron chi connectivity index (χ1n) is 32.5. The summed E-state index contributed by atoms with van der Waals surface area (Å²) >= 11 is 22.1. The van der Waals surface area contributed by atoms with Crippen LogP contribution in [0.15, 0.2) is 128 Å². The summed E-state index contributed by atoms with van der Waals surface area (Å²) in [5.41, 5.74) is 5.85. The van der Waals surface area contributed by atoms with E-state index in [4.69, 9.17) is 39.5 Å². The van der Waals surface area contributed by atoms with Gasteiger partial charge in [0.15, 0.2) is 25.1 Å². The van der Waals surface area contributed by atoms with Crippen molar-refractivity contribution < 1.29 is 59.6 Å². The molecule has 31 heteroatoms. The van der Waals surface area contributed by atoms with Gasteiger partial charge < -0.3 is 27.9 Å². The zero-order chi connectivity index (χ0) is 76.8. The van der Waals surface area contributed by atoms with Gasteiger partial charge in [-0.15, -0.1) is 56.7 Å². The number of aliphatic hydroxyl groups excluding tert-OH is 1. The minimum atomic E-state index is -3.67. The Morgan fingerprint density at radius 3 is 1.34 bits per heavy atom. The number of hydrogen-bond donors (Lipinski definition) is 1. The summed E-state index contributed by atoms with van der Waals surface area (Å²) in [4.78, 5) is 57.3. The number of esters is 1. The Morgan fingerprint density at radius 2 is 0.952 bits per heavy atom. The van der Waals surface area contributed by atoms with Crippen molar-refractivity contribution in [2.45, 2.75) is 158 Å². The zero-order valence-corrected chi connectivity index (χ0v) is 72.1. The quantitative estimate of drug-likeness (QED) is 0.0198. The number of pyridine rings is 6. The molecule has 11 aromatic heterocycles. The lowest BCUT2D eigenvalue weighted by molar-refractivity contribution is 0.0531. The van der Waals surface area contributed by atoms with E-state index in [2.05, 4.69) is 88.4 Å². The van der Waals surface area contributed by atoms with E-state index in [1.54, 1.807) is 112 Å². The Bertz CT molecular complexity index is 4850. The first kappa shape index (κ1) is 88.0. The van der Waals surface area contributed by atoms with Crippen LogP contribution < -0.4 is 0 Å². The predicted octanol–water partition coefficient (Wildman–Crippen LogP) is 24.0. The first-order chi connectivity index (χ1) is 49.2. The molecule has 11 heterocycles. The molecule has 0 amide bonds. The van der Waals surface area contributed by atoms with Crippen molar-refractivity contribution in [3.63, 3.8) is 0 Å². The molecule has 17 nitrogen and oxygen atoms in total. The highest BCUT2D eigenvalue weighted by Crippen LogP contribution is 2.65. The topological polar surface area (TPSA) is 229 Å². The Morgan fingerprint density at radius 1 is 0.558 bits per heavy atom. The van der Waals surface area contributed by atoms with Crippen LogP contribution in [0.2, 0.25) is 5.15 Å². The highest BCUT2D eigenvalue weighted by atomic mass is 79.9. The molecule has 1 atom stereocenters. The normalized spacial score (nSPS) is 11.7. The second-order valence-corrected chi connectivity index (χ2v) is 40.7. The van der Waals surface area contributed by atoms with Gasteiger partial charge in [-0.2, -0.15) is 0 Å². The first-order valence-corrected chi connectivity index (χ1v) is 46.2. The standard InChI is InChI=1S/C22H26F2NO3PS.C15H22NO3PS.C11H11NO2S.C9H8BrNS.C9H9NOS.C7H6ClNO.Br2OS/c1-13(2)27-29(26,28-14(3)4)20(12-16-8-9-18(23)19(24)11-16)21-15(5)17-7-6-10-25-22(17)30-21;1-10(2)18-20(17,19-11(3)4)9-14-12(5)13-7-6-8-16-15(13)21-14;1-3-14-11(13)9-7(2)8-5-4-6-12-10(8)15-9;1-6-7-3-2-4-11-9(7)12-8(6)5-10;1-6-7-3-2-4-10-9(7)12-8(6)5-11;1-5(10)6-3-2-4-9-7(6)8;1-4(2)3/h6-11,13-14,20H,12H2,1-5H3;6-8,10-11H,9H2,1-5H3;4-6H,3H2,1-2H3;2-4H,5H2,1H3;2-4,11H,5H2,1H3;2-4H,1H3;. The molecule has 0 aliphatic heterocycles. The van der Waals surface area contributed by atoms with E-state index in [-0.39, 0.29) is 54.3 Å². The van der Waals surface area contributed by atoms with Crippen LogP contribution in [-0.4, -0.2) is 82.0 Å². The molecule has 0 aliphatic carbocycles. The fourth-order valence-corrected chi connectivity index (χ4v) is 22.1. The van der Waals surface area contributed by atoms with Crippen LogP contribution in [0.4, 0.5) is 8.78 Å². The Hall–Kier alpha value is -4.94. The molecule has 1 N–H and O–H groups in total. The van der Waals surface area contributed by atoms with Gasteiger partial charge in [-0.05, 0) is 198 Å². The van der Waals surface area contributed by atoms with Gasteiger partial charge in [-0.1, -0.05) is 63.9 Å². The van der Waals surface area contributed by atoms with Gasteiger partial charge in [0.2, 0.25) is 0 Å². The third-order valence-electron chi connectivity index (χ3n) is 14.7. The Balaban J connectivity index is 0.000000202. The van der Waals surface area contributed by atoms with Crippen LogP contribution in [0.1, 0.15) is 148 Å². The van der Waals surface area contributed by atoms with Crippen LogP contribution in [0.3, 0.4) is 0 Å². The summed E-state index contributed by atoms with van der Waals surface area (Å²) in [6, 6.07) is 26.7. The van der Waals surface area contributed by atoms with Gasteiger partial charge in [0.05, 0.1) is 49.4 Å². The summed E-state index contributed by atoms with van der Waals surface area (Å²) in [5.74, 6) is -2.17. The average Bonchev–Trinajstić information content (AvgIpc) is 1.60. The van der Waals surface area contributed by atoms with Gasteiger partial charge in [-0.25, -0.2) is 47.7 Å². The predicted molar refractivity (Wildman–Crippen MR) is 438 cm³/mol. The third-order valence-corrected chi connectivity index (χ3v) is 27.3. The number of carbonyl (C=O) groups excluding carboxylic acids is 2. The number of thiophene rings is 5. The van der Waals surface area contributed by atoms with E-state index in [0.717, 1.165) is 100 Å². The largest absolute Gasteiger partial charge is 0.462 e. The molecule has 0 fully saturated rings. The summed E-state index contributed by atoms with van der Waals surface area (Å²) in [6.45, 7) is 28.5. The van der Waals surface area contributed by atoms with Crippen molar-refractivity contribution >= 4 is 200 Å². The molecule has 1 aromatic carbocycles. The van der Waals surface area contributed by atoms with Crippen LogP contribution in [0.5, 0.6) is 0 Å². The maximum Gasteiger partial charge on any atom is 0.348 e. The van der Waals surface area contributed by atoms with Gasteiger partial charge in [0.25, 0.3) is 0 Å². The lowest BCUT2D eigenvalue weighted by Crippen LogP contribution is -2.15. The van der Waals surface area contributed by atoms with Crippen LogP contribution in [-0.2, 0) is 64.1 Å². The van der Waals surface area contributed by atoms with E-state index in [0.29, 0.717) is 28.8 Å². The van der Waals surface area contributed by atoms with Crippen LogP contribution in [0.25, 0.3) is 51.1 Å². The van der Waals surface area contributed by atoms with Crippen molar-refractivity contribution in [2.24, 2.45) is 0 Å². The SMILES string of the molecule is CC(=O)c1cccnc1Cl.CCOC(=O)c1sc2ncccc2c1C.Cc1c(C(Cc2ccc(F)c(F)c2)P(=O)(OC(C)C)OC(C)C)sc2ncccc12.Cc1c(CBr)sc2ncccc12.Cc1c(CO)sc2ncccc12.Cc1c(CP(=O)(OC(C)C)OC(C)C)sc2ncccc12.O=S(Br)Br. The van der Waals surface area contributed by atoms with E-state index in [1.165, 1.54) is 51.5 Å². The maximum atomic E-state index is 14.1. The number of halogens is 6. The minimum Gasteiger partial charge on any atom is -0.462 e. The van der Waals surface area contributed by atoms with Gasteiger partial charge in [0.1, 0.15) is 39.8 Å². The molecular weight excluding hydrogens is 1700 g/mol. The number of alkyl halides is 1. The van der Waals surface area contributed by atoms with Gasteiger partial charge in [-0.3, -0.25) is 13.9 Å². The van der Waals surface area contributed by atoms with Crippen molar-refractivity contribution in [2.75, 3.05) is 6.61 Å². The molecule has 0 saturated carbocycles. The fourth-order valence-electron chi connectivity index (χ4n) is 10.1. The van der Waals surface area contributed by atoms with E-state index >= 15 is 0 Å². The molecule has 12 rings (SSSR count). The van der Waals surface area contributed by atoms with Crippen molar-refractivity contribution in [3.8, 4) is 0 Å². The number of carbonyl (C=O) groups is 2. The third kappa shape index (κ3) is 25.3. The molecule has 0 spiro atoms. The molecule has 0 saturated heterocycles. The van der Waals surface area contributed by atoms with Crippen molar-refractivity contribution in [1.29, 1.82) is 0 Å². The number of rotatable bonds is 19. The number of Topliss-reactive ketones (excluding diaryl/α,β-unsaturated/α-hetero) is 1. The highest BCUT2D eigenvalue weighted by Gasteiger charge is 2.42. The summed E-state index contributed by atoms with van der Waals surface area (Å²) in [7, 11) is -7.81. The smallest absolute Gasteiger partial charge is 0.348 e. The molecular formula is C73H82Br3ClF2N6O11P2S6. The lowest BCUT2D eigenvalue weighted by atomic mass is 10.1. The number of aliphatic hydroxyl groups is 1. The van der Waals surface area contributed by atoms with Crippen molar-refractivity contribution in [1.82, 2.24) is 29.9 Å². The van der Waals surface area contributed by atoms with Gasteiger partial charge >= 0.3 is 21.2 Å². The fraction of sp³-hybridized carbons (Fsp3) is 0.342. The number of aromatic nitrogens is 6.